The van der Waals surface area contributed by atoms with Crippen LogP contribution in [0.3, 0.4) is 0 Å². The Kier molecular flexibility index (Phi) is 2.60. The predicted molar refractivity (Wildman–Crippen MR) is 58.7 cm³/mol. The molecular formula is C8H7N7O3. The maximum Gasteiger partial charge on any atom is 0.332 e. The lowest BCUT2D eigenvalue weighted by atomic mass is 10.3. The SMILES string of the molecule is NC(=O)c1cnn(-c2nc(N)ncc2[N+](=O)[O-])c1. The average Bonchev–Trinajstić information content (AvgIpc) is 2.77. The highest BCUT2D eigenvalue weighted by Gasteiger charge is 2.19. The highest BCUT2D eigenvalue weighted by atomic mass is 16.6. The lowest BCUT2D eigenvalue weighted by Gasteiger charge is -2.01. The largest absolute Gasteiger partial charge is 0.368 e. The van der Waals surface area contributed by atoms with Crippen molar-refractivity contribution in [2.45, 2.75) is 0 Å². The molecule has 4 N–H and O–H groups in total. The number of rotatable bonds is 3. The molecular weight excluding hydrogens is 242 g/mol. The Labute approximate surface area is 99.4 Å². The number of hydrogen-bond donors (Lipinski definition) is 2. The molecule has 18 heavy (non-hydrogen) atoms. The van der Waals surface area contributed by atoms with E-state index in [2.05, 4.69) is 15.1 Å². The summed E-state index contributed by atoms with van der Waals surface area (Å²) in [5.41, 5.74) is 10.1. The second-order valence-electron chi connectivity index (χ2n) is 3.23. The van der Waals surface area contributed by atoms with Crippen molar-refractivity contribution in [1.82, 2.24) is 19.7 Å². The van der Waals surface area contributed by atoms with Crippen LogP contribution in [0.1, 0.15) is 10.4 Å². The van der Waals surface area contributed by atoms with Gasteiger partial charge in [0.2, 0.25) is 11.8 Å². The summed E-state index contributed by atoms with van der Waals surface area (Å²) >= 11 is 0. The van der Waals surface area contributed by atoms with Gasteiger partial charge >= 0.3 is 5.69 Å². The second-order valence-corrected chi connectivity index (χ2v) is 3.23. The van der Waals surface area contributed by atoms with Crippen molar-refractivity contribution >= 4 is 17.5 Å². The third-order valence-electron chi connectivity index (χ3n) is 2.05. The summed E-state index contributed by atoms with van der Waals surface area (Å²) in [5, 5.41) is 14.6. The minimum absolute atomic E-state index is 0.0986. The van der Waals surface area contributed by atoms with Gasteiger partial charge in [-0.25, -0.2) is 9.67 Å². The predicted octanol–water partition coefficient (Wildman–Crippen LogP) is -0.748. The first-order valence-corrected chi connectivity index (χ1v) is 4.61. The van der Waals surface area contributed by atoms with E-state index < -0.39 is 10.8 Å². The number of primary amides is 1. The van der Waals surface area contributed by atoms with E-state index >= 15 is 0 Å². The van der Waals surface area contributed by atoms with Crippen LogP contribution in [-0.4, -0.2) is 30.6 Å². The first-order valence-electron chi connectivity index (χ1n) is 4.61. The van der Waals surface area contributed by atoms with E-state index in [9.17, 15) is 14.9 Å². The molecule has 2 rings (SSSR count). The Bertz CT molecular complexity index is 635. The van der Waals surface area contributed by atoms with Gasteiger partial charge in [0.25, 0.3) is 5.91 Å². The van der Waals surface area contributed by atoms with E-state index in [0.29, 0.717) is 0 Å². The first kappa shape index (κ1) is 11.4. The van der Waals surface area contributed by atoms with Crippen molar-refractivity contribution < 1.29 is 9.72 Å². The fraction of sp³-hybridized carbons (Fsp3) is 0. The van der Waals surface area contributed by atoms with Crippen LogP contribution in [0.25, 0.3) is 5.82 Å². The van der Waals surface area contributed by atoms with Crippen molar-refractivity contribution in [1.29, 1.82) is 0 Å². The monoisotopic (exact) mass is 249 g/mol. The fourth-order valence-electron chi connectivity index (χ4n) is 1.24. The number of amides is 1. The molecule has 2 aromatic heterocycles. The number of aromatic nitrogens is 4. The topological polar surface area (TPSA) is 156 Å². The van der Waals surface area contributed by atoms with Gasteiger partial charge in [0.15, 0.2) is 0 Å². The Morgan fingerprint density at radius 1 is 1.44 bits per heavy atom. The smallest absolute Gasteiger partial charge is 0.332 e. The number of anilines is 1. The lowest BCUT2D eigenvalue weighted by Crippen LogP contribution is -2.10. The van der Waals surface area contributed by atoms with Crippen molar-refractivity contribution in [3.63, 3.8) is 0 Å². The van der Waals surface area contributed by atoms with Gasteiger partial charge in [0.1, 0.15) is 6.20 Å². The molecule has 0 aliphatic heterocycles. The molecule has 0 unspecified atom stereocenters. The van der Waals surface area contributed by atoms with Crippen LogP contribution < -0.4 is 11.5 Å². The molecule has 0 aliphatic rings. The Morgan fingerprint density at radius 3 is 2.72 bits per heavy atom. The van der Waals surface area contributed by atoms with Gasteiger partial charge in [-0.15, -0.1) is 0 Å². The molecule has 0 aromatic carbocycles. The zero-order valence-electron chi connectivity index (χ0n) is 8.85. The zero-order chi connectivity index (χ0) is 13.3. The Balaban J connectivity index is 2.57. The molecule has 0 atom stereocenters. The minimum Gasteiger partial charge on any atom is -0.368 e. The van der Waals surface area contributed by atoms with E-state index in [4.69, 9.17) is 11.5 Å². The molecule has 0 spiro atoms. The summed E-state index contributed by atoms with van der Waals surface area (Å²) < 4.78 is 1.04. The van der Waals surface area contributed by atoms with Crippen LogP contribution >= 0.6 is 0 Å². The van der Waals surface area contributed by atoms with Crippen molar-refractivity contribution in [2.75, 3.05) is 5.73 Å². The van der Waals surface area contributed by atoms with Gasteiger partial charge in [0, 0.05) is 6.20 Å². The third kappa shape index (κ3) is 1.93. The maximum absolute atomic E-state index is 10.9. The minimum atomic E-state index is -0.703. The van der Waals surface area contributed by atoms with Crippen molar-refractivity contribution in [3.8, 4) is 5.82 Å². The average molecular weight is 249 g/mol. The molecule has 0 bridgehead atoms. The van der Waals surface area contributed by atoms with E-state index in [1.165, 1.54) is 12.4 Å². The van der Waals surface area contributed by atoms with E-state index in [-0.39, 0.29) is 23.0 Å². The molecule has 2 aromatic rings. The summed E-state index contributed by atoms with van der Waals surface area (Å²) in [4.78, 5) is 28.3. The zero-order valence-corrected chi connectivity index (χ0v) is 8.85. The van der Waals surface area contributed by atoms with Gasteiger partial charge in [-0.3, -0.25) is 14.9 Å². The number of nitrogens with two attached hydrogens (primary N) is 2. The molecule has 92 valence electrons. The van der Waals surface area contributed by atoms with Gasteiger partial charge < -0.3 is 11.5 Å². The standard InChI is InChI=1S/C8H7N7O3/c9-6(16)4-1-12-14(3-4)7-5(15(17)18)2-11-8(10)13-7/h1-3H,(H2,9,16)(H2,10,11,13). The van der Waals surface area contributed by atoms with Crippen molar-refractivity contribution in [2.24, 2.45) is 5.73 Å². The van der Waals surface area contributed by atoms with Crippen LogP contribution in [0, 0.1) is 10.1 Å². The third-order valence-corrected chi connectivity index (χ3v) is 2.05. The first-order chi connectivity index (χ1) is 8.49. The maximum atomic E-state index is 10.9. The quantitative estimate of drug-likeness (QED) is 0.535. The van der Waals surface area contributed by atoms with E-state index in [1.54, 1.807) is 0 Å². The highest BCUT2D eigenvalue weighted by molar-refractivity contribution is 5.92. The summed E-state index contributed by atoms with van der Waals surface area (Å²) in [6, 6.07) is 0. The van der Waals surface area contributed by atoms with Crippen LogP contribution in [0.15, 0.2) is 18.6 Å². The molecule has 2 heterocycles. The number of nitrogens with zero attached hydrogens (tertiary/aromatic N) is 5. The van der Waals surface area contributed by atoms with Gasteiger partial charge in [-0.05, 0) is 0 Å². The summed E-state index contributed by atoms with van der Waals surface area (Å²) in [5.74, 6) is -0.988. The Hall–Kier alpha value is -3.04. The van der Waals surface area contributed by atoms with Crippen LogP contribution in [0.2, 0.25) is 0 Å². The lowest BCUT2D eigenvalue weighted by molar-refractivity contribution is -0.385. The molecule has 0 saturated heterocycles. The molecule has 10 heteroatoms. The molecule has 0 aliphatic carbocycles. The summed E-state index contributed by atoms with van der Waals surface area (Å²) in [6.45, 7) is 0. The van der Waals surface area contributed by atoms with Gasteiger partial charge in [-0.1, -0.05) is 0 Å². The molecule has 1 amide bonds. The number of nitro groups is 1. The number of carbonyl (C=O) groups is 1. The number of hydrogen-bond acceptors (Lipinski definition) is 7. The van der Waals surface area contributed by atoms with Crippen molar-refractivity contribution in [3.05, 3.63) is 34.3 Å². The van der Waals surface area contributed by atoms with Gasteiger partial charge in [-0.2, -0.15) is 10.1 Å². The summed E-state index contributed by atoms with van der Waals surface area (Å²) in [6.07, 6.45) is 3.35. The van der Waals surface area contributed by atoms with E-state index in [0.717, 1.165) is 10.9 Å². The van der Waals surface area contributed by atoms with Crippen LogP contribution in [-0.2, 0) is 0 Å². The van der Waals surface area contributed by atoms with Gasteiger partial charge in [0.05, 0.1) is 16.7 Å². The molecule has 0 radical (unpaired) electrons. The van der Waals surface area contributed by atoms with Crippen LogP contribution in [0.4, 0.5) is 11.6 Å². The normalized spacial score (nSPS) is 10.2. The Morgan fingerprint density at radius 2 is 2.17 bits per heavy atom. The van der Waals surface area contributed by atoms with E-state index in [1.807, 2.05) is 0 Å². The fourth-order valence-corrected chi connectivity index (χ4v) is 1.24. The highest BCUT2D eigenvalue weighted by Crippen LogP contribution is 2.19. The summed E-state index contributed by atoms with van der Waals surface area (Å²) in [7, 11) is 0. The van der Waals surface area contributed by atoms with Crippen LogP contribution in [0.5, 0.6) is 0 Å². The molecule has 0 fully saturated rings. The second kappa shape index (κ2) is 4.08. The number of carbonyl (C=O) groups excluding carboxylic acids is 1. The number of nitrogen functional groups attached to an aromatic ring is 1. The molecule has 10 nitrogen and oxygen atoms in total. The molecule has 0 saturated carbocycles.